The van der Waals surface area contributed by atoms with Crippen LogP contribution in [0.5, 0.6) is 0 Å². The van der Waals surface area contributed by atoms with Gasteiger partial charge in [0, 0.05) is 74.4 Å². The summed E-state index contributed by atoms with van der Waals surface area (Å²) < 4.78 is 5.28. The second-order valence-corrected chi connectivity index (χ2v) is 25.0. The standard InChI is InChI=1S/C65H51BN2S4/c1-37(2)42-31-55-62-56(32-42)68(63-38(3)27-43(28-39(63)4)52-36-71-59-22-13-10-19-48(52)59)64-61(49-33-44(65(5,6)7)24-26-60(49)72-64)66(62)53-25-23-41(51-35-70-58-21-12-9-18-47(51)58)30-54(53)67(55)45-16-14-15-40(29-45)50-34-69-57-20-11-8-17-46(50)57/h8-37H,1-7H3. The monoisotopic (exact) mass is 998 g/mol. The summed E-state index contributed by atoms with van der Waals surface area (Å²) in [6, 6.07) is 60.6. The van der Waals surface area contributed by atoms with Crippen LogP contribution in [0.3, 0.4) is 0 Å². The zero-order chi connectivity index (χ0) is 48.7. The van der Waals surface area contributed by atoms with Gasteiger partial charge in [0.1, 0.15) is 0 Å². The molecule has 14 rings (SSSR count). The van der Waals surface area contributed by atoms with Crippen LogP contribution in [0.2, 0.25) is 0 Å². The van der Waals surface area contributed by atoms with Gasteiger partial charge in [-0.25, -0.2) is 0 Å². The summed E-state index contributed by atoms with van der Waals surface area (Å²) in [5.41, 5.74) is 23.2. The van der Waals surface area contributed by atoms with E-state index < -0.39 is 0 Å². The first-order valence-corrected chi connectivity index (χ1v) is 28.5. The molecule has 0 fully saturated rings. The van der Waals surface area contributed by atoms with E-state index in [2.05, 4.69) is 232 Å². The predicted molar refractivity (Wildman–Crippen MR) is 321 cm³/mol. The Morgan fingerprint density at radius 2 is 1.04 bits per heavy atom. The number of aryl methyl sites for hydroxylation is 2. The molecule has 0 amide bonds. The molecule has 0 radical (unpaired) electrons. The van der Waals surface area contributed by atoms with Crippen molar-refractivity contribution in [1.29, 1.82) is 0 Å². The molecular weight excluding hydrogens is 948 g/mol. The lowest BCUT2D eigenvalue weighted by molar-refractivity contribution is 0.591. The Balaban J connectivity index is 1.07. The van der Waals surface area contributed by atoms with E-state index in [0.29, 0.717) is 0 Å². The van der Waals surface area contributed by atoms with Gasteiger partial charge in [0.2, 0.25) is 0 Å². The third-order valence-corrected chi connectivity index (χ3v) is 19.5. The summed E-state index contributed by atoms with van der Waals surface area (Å²) in [5, 5.41) is 13.6. The summed E-state index contributed by atoms with van der Waals surface area (Å²) in [6.45, 7) is 16.4. The van der Waals surface area contributed by atoms with E-state index in [1.807, 2.05) is 45.3 Å². The van der Waals surface area contributed by atoms with E-state index in [1.54, 1.807) is 0 Å². The molecule has 0 aliphatic carbocycles. The second-order valence-electron chi connectivity index (χ2n) is 21.2. The Labute approximate surface area is 438 Å². The van der Waals surface area contributed by atoms with Crippen molar-refractivity contribution in [3.8, 4) is 33.4 Å². The third kappa shape index (κ3) is 6.70. The van der Waals surface area contributed by atoms with Crippen LogP contribution < -0.4 is 26.2 Å². The predicted octanol–water partition coefficient (Wildman–Crippen LogP) is 18.7. The average molecular weight is 999 g/mol. The van der Waals surface area contributed by atoms with Crippen molar-refractivity contribution < 1.29 is 0 Å². The number of fused-ring (bicyclic) bond motifs is 9. The van der Waals surface area contributed by atoms with Gasteiger partial charge in [0.15, 0.2) is 0 Å². The van der Waals surface area contributed by atoms with E-state index in [1.165, 1.54) is 146 Å². The highest BCUT2D eigenvalue weighted by atomic mass is 32.1. The molecule has 8 aromatic carbocycles. The molecule has 7 heteroatoms. The van der Waals surface area contributed by atoms with Crippen LogP contribution >= 0.6 is 45.3 Å². The number of anilines is 6. The van der Waals surface area contributed by atoms with Gasteiger partial charge in [-0.1, -0.05) is 126 Å². The van der Waals surface area contributed by atoms with Crippen LogP contribution in [-0.2, 0) is 5.41 Å². The molecule has 0 spiro atoms. The maximum atomic E-state index is 2.70. The number of hydrogen-bond donors (Lipinski definition) is 0. The SMILES string of the molecule is Cc1cc(-c2csc3ccccc23)cc(C)c1N1c2cc(C(C)C)cc3c2B(c2ccc(-c4csc5ccccc45)cc2N3c2cccc(-c3csc4ccccc34)c2)c2c1sc1ccc(C(C)(C)C)cc21. The molecule has 0 N–H and O–H groups in total. The Kier molecular flexibility index (Phi) is 10.0. The highest BCUT2D eigenvalue weighted by molar-refractivity contribution is 7.26. The normalized spacial score (nSPS) is 13.2. The van der Waals surface area contributed by atoms with E-state index in [0.717, 1.165) is 0 Å². The Morgan fingerprint density at radius 3 is 1.64 bits per heavy atom. The number of thiophene rings is 4. The first-order chi connectivity index (χ1) is 35.0. The molecule has 2 aliphatic heterocycles. The van der Waals surface area contributed by atoms with E-state index >= 15 is 0 Å². The topological polar surface area (TPSA) is 6.48 Å². The van der Waals surface area contributed by atoms with Crippen molar-refractivity contribution in [1.82, 2.24) is 0 Å². The molecule has 0 atom stereocenters. The van der Waals surface area contributed by atoms with Crippen molar-refractivity contribution in [2.24, 2.45) is 0 Å². The minimum atomic E-state index is -0.0142. The Hall–Kier alpha value is -6.74. The second kappa shape index (κ2) is 16.4. The van der Waals surface area contributed by atoms with Gasteiger partial charge in [0.05, 0.1) is 10.7 Å². The molecule has 2 nitrogen and oxygen atoms in total. The van der Waals surface area contributed by atoms with Crippen molar-refractivity contribution in [2.45, 2.75) is 59.8 Å². The minimum absolute atomic E-state index is 0.00740. The first kappa shape index (κ1) is 44.0. The number of hydrogen-bond acceptors (Lipinski definition) is 6. The fourth-order valence-electron chi connectivity index (χ4n) is 11.9. The van der Waals surface area contributed by atoms with Crippen molar-refractivity contribution in [3.05, 3.63) is 196 Å². The molecule has 0 saturated carbocycles. The van der Waals surface area contributed by atoms with Crippen molar-refractivity contribution in [2.75, 3.05) is 9.80 Å². The summed E-state index contributed by atoms with van der Waals surface area (Å²) in [7, 11) is 0. The maximum Gasteiger partial charge on any atom is 0.254 e. The quantitative estimate of drug-likeness (QED) is 0.153. The van der Waals surface area contributed by atoms with Crippen LogP contribution in [0, 0.1) is 13.8 Å². The summed E-state index contributed by atoms with van der Waals surface area (Å²) >= 11 is 7.46. The molecule has 0 saturated heterocycles. The van der Waals surface area contributed by atoms with Crippen LogP contribution in [0.1, 0.15) is 62.8 Å². The lowest BCUT2D eigenvalue weighted by Gasteiger charge is -2.44. The van der Waals surface area contributed by atoms with Crippen molar-refractivity contribution >= 4 is 142 Å². The van der Waals surface area contributed by atoms with E-state index in [9.17, 15) is 0 Å². The van der Waals surface area contributed by atoms with Gasteiger partial charge in [-0.05, 0) is 169 Å². The molecule has 6 heterocycles. The fourth-order valence-corrected chi connectivity index (χ4v) is 16.0. The molecule has 2 aliphatic rings. The van der Waals surface area contributed by atoms with Crippen LogP contribution in [0.25, 0.3) is 73.7 Å². The van der Waals surface area contributed by atoms with Crippen LogP contribution in [-0.4, -0.2) is 6.71 Å². The molecule has 12 aromatic rings. The van der Waals surface area contributed by atoms with Gasteiger partial charge in [-0.3, -0.25) is 0 Å². The van der Waals surface area contributed by atoms with E-state index in [-0.39, 0.29) is 18.0 Å². The molecule has 4 aromatic heterocycles. The fraction of sp³-hybridized carbons (Fsp3) is 0.138. The lowest BCUT2D eigenvalue weighted by Crippen LogP contribution is -2.61. The van der Waals surface area contributed by atoms with Gasteiger partial charge in [0.25, 0.3) is 6.71 Å². The third-order valence-electron chi connectivity index (χ3n) is 15.4. The molecule has 0 bridgehead atoms. The number of benzene rings is 8. The number of nitrogens with zero attached hydrogens (tertiary/aromatic N) is 2. The smallest absolute Gasteiger partial charge is 0.254 e. The van der Waals surface area contributed by atoms with Gasteiger partial charge in [-0.15, -0.1) is 45.3 Å². The van der Waals surface area contributed by atoms with Gasteiger partial charge < -0.3 is 9.80 Å². The average Bonchev–Trinajstić information content (AvgIpc) is 4.20. The van der Waals surface area contributed by atoms with Crippen molar-refractivity contribution in [3.63, 3.8) is 0 Å². The maximum absolute atomic E-state index is 2.70. The Morgan fingerprint density at radius 1 is 0.472 bits per heavy atom. The molecular formula is C65H51BN2S4. The number of rotatable bonds is 6. The highest BCUT2D eigenvalue weighted by Gasteiger charge is 2.46. The molecule has 72 heavy (non-hydrogen) atoms. The summed E-state index contributed by atoms with van der Waals surface area (Å²) in [4.78, 5) is 5.33. The molecule has 348 valence electrons. The Bertz CT molecular complexity index is 4170. The van der Waals surface area contributed by atoms with Gasteiger partial charge in [-0.2, -0.15) is 0 Å². The summed E-state index contributed by atoms with van der Waals surface area (Å²) in [5.74, 6) is 0.289. The highest BCUT2D eigenvalue weighted by Crippen LogP contribution is 2.52. The minimum Gasteiger partial charge on any atom is -0.311 e. The van der Waals surface area contributed by atoms with Crippen LogP contribution in [0.15, 0.2) is 174 Å². The van der Waals surface area contributed by atoms with Crippen LogP contribution in [0.4, 0.5) is 33.4 Å². The summed E-state index contributed by atoms with van der Waals surface area (Å²) in [6.07, 6.45) is 0. The van der Waals surface area contributed by atoms with Gasteiger partial charge >= 0.3 is 0 Å². The van der Waals surface area contributed by atoms with E-state index in [4.69, 9.17) is 0 Å². The largest absolute Gasteiger partial charge is 0.311 e. The lowest BCUT2D eigenvalue weighted by atomic mass is 9.33. The first-order valence-electron chi connectivity index (χ1n) is 25.1. The molecule has 0 unspecified atom stereocenters. The zero-order valence-electron chi connectivity index (χ0n) is 41.4. The zero-order valence-corrected chi connectivity index (χ0v) is 44.7.